The van der Waals surface area contributed by atoms with Crippen LogP contribution in [0.3, 0.4) is 0 Å². The van der Waals surface area contributed by atoms with E-state index in [0.717, 1.165) is 5.56 Å². The first-order chi connectivity index (χ1) is 14.3. The van der Waals surface area contributed by atoms with Gasteiger partial charge >= 0.3 is 0 Å². The van der Waals surface area contributed by atoms with E-state index in [-0.39, 0.29) is 10.8 Å². The third-order valence-electron chi connectivity index (χ3n) is 4.55. The Bertz CT molecular complexity index is 1370. The third kappa shape index (κ3) is 4.04. The summed E-state index contributed by atoms with van der Waals surface area (Å²) in [5, 5.41) is 9.12. The second kappa shape index (κ2) is 7.87. The van der Waals surface area contributed by atoms with Crippen LogP contribution in [0, 0.1) is 0 Å². The van der Waals surface area contributed by atoms with Crippen molar-refractivity contribution in [1.29, 1.82) is 0 Å². The maximum absolute atomic E-state index is 13.1. The average molecular weight is 438 g/mol. The number of aromatic nitrogens is 1. The molecule has 0 bridgehead atoms. The Hall–Kier alpha value is -3.26. The van der Waals surface area contributed by atoms with Crippen LogP contribution in [0.5, 0.6) is 0 Å². The van der Waals surface area contributed by atoms with Gasteiger partial charge in [0.15, 0.2) is 0 Å². The summed E-state index contributed by atoms with van der Waals surface area (Å²) in [6.07, 6.45) is 0. The Balaban J connectivity index is 1.76. The predicted octanol–water partition coefficient (Wildman–Crippen LogP) is 4.45. The largest absolute Gasteiger partial charge is 0.322 e. The maximum Gasteiger partial charge on any atom is 0.256 e. The van der Waals surface area contributed by atoms with Crippen LogP contribution in [-0.2, 0) is 10.0 Å². The quantitative estimate of drug-likeness (QED) is 0.492. The zero-order chi connectivity index (χ0) is 21.3. The molecular weight excluding hydrogens is 422 g/mol. The van der Waals surface area contributed by atoms with Gasteiger partial charge in [0.05, 0.1) is 21.7 Å². The maximum atomic E-state index is 13.1. The first-order valence-corrected chi connectivity index (χ1v) is 10.8. The molecule has 0 saturated carbocycles. The van der Waals surface area contributed by atoms with Crippen molar-refractivity contribution in [2.45, 2.75) is 4.90 Å². The number of nitrogens with zero attached hydrogens (tertiary/aromatic N) is 1. The van der Waals surface area contributed by atoms with Gasteiger partial charge in [0.25, 0.3) is 5.91 Å². The van der Waals surface area contributed by atoms with Gasteiger partial charge in [0.2, 0.25) is 10.0 Å². The number of hydrogen-bond donors (Lipinski definition) is 2. The van der Waals surface area contributed by atoms with Gasteiger partial charge in [-0.3, -0.25) is 4.79 Å². The van der Waals surface area contributed by atoms with Crippen molar-refractivity contribution in [3.63, 3.8) is 0 Å². The summed E-state index contributed by atoms with van der Waals surface area (Å²) in [5.41, 5.74) is 2.81. The van der Waals surface area contributed by atoms with Crippen LogP contribution >= 0.6 is 11.6 Å². The van der Waals surface area contributed by atoms with E-state index in [1.165, 1.54) is 24.3 Å². The number of para-hydroxylation sites is 1. The van der Waals surface area contributed by atoms with E-state index in [2.05, 4.69) is 10.3 Å². The van der Waals surface area contributed by atoms with E-state index in [4.69, 9.17) is 16.7 Å². The van der Waals surface area contributed by atoms with Gasteiger partial charge < -0.3 is 5.32 Å². The van der Waals surface area contributed by atoms with E-state index in [1.807, 2.05) is 42.5 Å². The van der Waals surface area contributed by atoms with Crippen LogP contribution in [0.2, 0.25) is 5.02 Å². The van der Waals surface area contributed by atoms with Gasteiger partial charge in [-0.1, -0.05) is 48.0 Å². The minimum Gasteiger partial charge on any atom is -0.322 e. The van der Waals surface area contributed by atoms with Crippen molar-refractivity contribution in [1.82, 2.24) is 4.98 Å². The van der Waals surface area contributed by atoms with Gasteiger partial charge in [0, 0.05) is 21.7 Å². The third-order valence-corrected chi connectivity index (χ3v) is 5.81. The number of carbonyl (C=O) groups excluding carboxylic acids is 1. The number of anilines is 1. The van der Waals surface area contributed by atoms with E-state index < -0.39 is 10.0 Å². The van der Waals surface area contributed by atoms with E-state index in [9.17, 15) is 13.2 Å². The van der Waals surface area contributed by atoms with E-state index in [1.54, 1.807) is 12.1 Å². The fourth-order valence-corrected chi connectivity index (χ4v) is 3.84. The van der Waals surface area contributed by atoms with Gasteiger partial charge in [-0.2, -0.15) is 0 Å². The lowest BCUT2D eigenvalue weighted by molar-refractivity contribution is 0.102. The lowest BCUT2D eigenvalue weighted by Gasteiger charge is -2.11. The number of fused-ring (bicyclic) bond motifs is 1. The molecule has 4 rings (SSSR count). The Morgan fingerprint density at radius 2 is 1.60 bits per heavy atom. The van der Waals surface area contributed by atoms with Gasteiger partial charge in [0.1, 0.15) is 0 Å². The predicted molar refractivity (Wildman–Crippen MR) is 118 cm³/mol. The number of amides is 1. The van der Waals surface area contributed by atoms with Crippen molar-refractivity contribution in [2.75, 3.05) is 5.32 Å². The summed E-state index contributed by atoms with van der Waals surface area (Å²) in [4.78, 5) is 17.7. The molecule has 3 N–H and O–H groups in total. The van der Waals surface area contributed by atoms with Crippen LogP contribution in [0.15, 0.2) is 83.8 Å². The summed E-state index contributed by atoms with van der Waals surface area (Å²) in [7, 11) is -3.80. The molecule has 0 fully saturated rings. The number of carbonyl (C=O) groups is 1. The molecule has 0 aliphatic rings. The number of rotatable bonds is 4. The molecule has 0 atom stereocenters. The van der Waals surface area contributed by atoms with Crippen LogP contribution in [0.25, 0.3) is 22.2 Å². The Kier molecular flexibility index (Phi) is 5.26. The Labute approximate surface area is 178 Å². The first-order valence-electron chi connectivity index (χ1n) is 8.92. The molecule has 0 saturated heterocycles. The number of primary sulfonamides is 1. The minimum absolute atomic E-state index is 0.0316. The summed E-state index contributed by atoms with van der Waals surface area (Å²) < 4.78 is 22.8. The lowest BCUT2D eigenvalue weighted by Crippen LogP contribution is -2.14. The molecule has 1 aromatic heterocycles. The number of benzene rings is 3. The smallest absolute Gasteiger partial charge is 0.256 e. The second-order valence-corrected chi connectivity index (χ2v) is 8.54. The van der Waals surface area contributed by atoms with Crippen LogP contribution in [-0.4, -0.2) is 19.3 Å². The molecule has 8 heteroatoms. The highest BCUT2D eigenvalue weighted by Gasteiger charge is 2.16. The molecule has 3 aromatic carbocycles. The highest BCUT2D eigenvalue weighted by Crippen LogP contribution is 2.30. The number of nitrogens with two attached hydrogens (primary N) is 1. The fraction of sp³-hybridized carbons (Fsp3) is 0. The summed E-state index contributed by atoms with van der Waals surface area (Å²) in [5.74, 6) is -0.356. The SMILES string of the molecule is NS(=O)(=O)c1ccc(NC(=O)c2cc(-c3ccccc3Cl)nc3ccccc23)cc1. The number of pyridine rings is 1. The Morgan fingerprint density at radius 3 is 2.30 bits per heavy atom. The molecular formula is C22H16ClN3O3S. The average Bonchev–Trinajstić information content (AvgIpc) is 2.73. The zero-order valence-electron chi connectivity index (χ0n) is 15.5. The molecule has 1 amide bonds. The highest BCUT2D eigenvalue weighted by molar-refractivity contribution is 7.89. The molecule has 0 aliphatic carbocycles. The number of hydrogen-bond acceptors (Lipinski definition) is 4. The monoisotopic (exact) mass is 437 g/mol. The molecule has 1 heterocycles. The molecule has 0 unspecified atom stereocenters. The zero-order valence-corrected chi connectivity index (χ0v) is 17.1. The highest BCUT2D eigenvalue weighted by atomic mass is 35.5. The molecule has 30 heavy (non-hydrogen) atoms. The number of halogens is 1. The van der Waals surface area contributed by atoms with Crippen molar-refractivity contribution in [3.8, 4) is 11.3 Å². The molecule has 150 valence electrons. The summed E-state index contributed by atoms with van der Waals surface area (Å²) in [6.45, 7) is 0. The van der Waals surface area contributed by atoms with Crippen LogP contribution < -0.4 is 10.5 Å². The first kappa shape index (κ1) is 20.0. The fourth-order valence-electron chi connectivity index (χ4n) is 3.10. The van der Waals surface area contributed by atoms with Crippen LogP contribution in [0.1, 0.15) is 10.4 Å². The normalized spacial score (nSPS) is 11.4. The second-order valence-electron chi connectivity index (χ2n) is 6.58. The van der Waals surface area contributed by atoms with Crippen LogP contribution in [0.4, 0.5) is 5.69 Å². The molecule has 0 radical (unpaired) electrons. The lowest BCUT2D eigenvalue weighted by atomic mass is 10.0. The summed E-state index contributed by atoms with van der Waals surface area (Å²) in [6, 6.07) is 21.9. The molecule has 0 aliphatic heterocycles. The minimum atomic E-state index is -3.80. The van der Waals surface area contributed by atoms with Gasteiger partial charge in [-0.05, 0) is 42.5 Å². The van der Waals surface area contributed by atoms with E-state index in [0.29, 0.717) is 32.9 Å². The molecule has 0 spiro atoms. The topological polar surface area (TPSA) is 102 Å². The van der Waals surface area contributed by atoms with Crippen molar-refractivity contribution in [2.24, 2.45) is 5.14 Å². The molecule has 6 nitrogen and oxygen atoms in total. The van der Waals surface area contributed by atoms with Gasteiger partial charge in [-0.15, -0.1) is 0 Å². The molecule has 4 aromatic rings. The summed E-state index contributed by atoms with van der Waals surface area (Å²) >= 11 is 6.32. The standard InChI is InChI=1S/C22H16ClN3O3S/c23-19-7-3-1-6-17(19)21-13-18(16-5-2-4-8-20(16)26-21)22(27)25-14-9-11-15(12-10-14)30(24,28)29/h1-13H,(H,25,27)(H2,24,28,29). The van der Waals surface area contributed by atoms with E-state index >= 15 is 0 Å². The van der Waals surface area contributed by atoms with Crippen molar-refractivity contribution < 1.29 is 13.2 Å². The van der Waals surface area contributed by atoms with Gasteiger partial charge in [-0.25, -0.2) is 18.5 Å². The Morgan fingerprint density at radius 1 is 0.933 bits per heavy atom. The van der Waals surface area contributed by atoms with Crippen molar-refractivity contribution in [3.05, 3.63) is 89.4 Å². The number of nitrogens with one attached hydrogen (secondary N) is 1. The van der Waals surface area contributed by atoms with Crippen molar-refractivity contribution >= 4 is 44.1 Å². The number of sulfonamides is 1.